The third kappa shape index (κ3) is 5.32. The van der Waals surface area contributed by atoms with Crippen LogP contribution in [-0.4, -0.2) is 33.0 Å². The molecule has 1 aliphatic heterocycles. The third-order valence-electron chi connectivity index (χ3n) is 3.79. The quantitative estimate of drug-likeness (QED) is 0.420. The Morgan fingerprint density at radius 1 is 1.05 bits per heavy atom. The maximum absolute atomic E-state index is 5.90. The Bertz CT molecular complexity index is 305. The summed E-state index contributed by atoms with van der Waals surface area (Å²) in [5.74, 6) is 0. The molecule has 1 saturated heterocycles. The molecule has 110 valence electrons. The van der Waals surface area contributed by atoms with E-state index in [9.17, 15) is 0 Å². The Morgan fingerprint density at radius 3 is 2.05 bits per heavy atom. The molecule has 0 aromatic rings. The smallest absolute Gasteiger partial charge is 0.461 e. The van der Waals surface area contributed by atoms with E-state index in [4.69, 9.17) is 14.0 Å². The minimum atomic E-state index is -0.989. The largest absolute Gasteiger partial charge is 0.502 e. The van der Waals surface area contributed by atoms with E-state index in [-0.39, 0.29) is 18.3 Å². The molecule has 0 aromatic carbocycles. The van der Waals surface area contributed by atoms with Gasteiger partial charge in [-0.1, -0.05) is 25.7 Å². The van der Waals surface area contributed by atoms with E-state index in [1.54, 1.807) is 6.26 Å². The molecule has 0 aromatic heterocycles. The Hall–Kier alpha value is -0.258. The van der Waals surface area contributed by atoms with Crippen molar-refractivity contribution in [1.82, 2.24) is 0 Å². The number of rotatable bonds is 6. The van der Waals surface area contributed by atoms with Crippen molar-refractivity contribution in [3.8, 4) is 0 Å². The van der Waals surface area contributed by atoms with E-state index in [1.807, 2.05) is 6.08 Å². The van der Waals surface area contributed by atoms with E-state index in [0.29, 0.717) is 0 Å². The van der Waals surface area contributed by atoms with Crippen molar-refractivity contribution in [1.29, 1.82) is 0 Å². The van der Waals surface area contributed by atoms with Crippen molar-refractivity contribution in [2.75, 3.05) is 6.61 Å². The zero-order valence-corrected chi connectivity index (χ0v) is 14.6. The standard InChI is InChI=1S/C14H29BO3Si/c1-13(2)14(3,4)18-15(17-13)9-8-10-16-11-12-19(5,6)7/h8,10H,9,11-12H2,1-7H3/b10-8-. The normalized spacial score (nSPS) is 22.2. The fourth-order valence-electron chi connectivity index (χ4n) is 1.73. The Morgan fingerprint density at radius 2 is 1.58 bits per heavy atom. The van der Waals surface area contributed by atoms with Crippen molar-refractivity contribution in [2.45, 2.75) is 70.9 Å². The van der Waals surface area contributed by atoms with Gasteiger partial charge in [-0.2, -0.15) is 0 Å². The Kier molecular flexibility index (Phi) is 5.32. The number of allylic oxidation sites excluding steroid dienone is 1. The van der Waals surface area contributed by atoms with Crippen LogP contribution in [0, 0.1) is 0 Å². The van der Waals surface area contributed by atoms with Crippen LogP contribution in [0.2, 0.25) is 32.0 Å². The summed E-state index contributed by atoms with van der Waals surface area (Å²) >= 11 is 0. The number of ether oxygens (including phenoxy) is 1. The monoisotopic (exact) mass is 284 g/mol. The average molecular weight is 284 g/mol. The highest BCUT2D eigenvalue weighted by Gasteiger charge is 2.50. The van der Waals surface area contributed by atoms with Gasteiger partial charge in [-0.25, -0.2) is 0 Å². The van der Waals surface area contributed by atoms with Crippen LogP contribution in [0.15, 0.2) is 12.3 Å². The summed E-state index contributed by atoms with van der Waals surface area (Å²) in [6, 6.07) is 1.19. The van der Waals surface area contributed by atoms with E-state index in [0.717, 1.165) is 12.9 Å². The molecule has 1 heterocycles. The van der Waals surface area contributed by atoms with Crippen LogP contribution in [0.4, 0.5) is 0 Å². The second-order valence-corrected chi connectivity index (χ2v) is 13.1. The topological polar surface area (TPSA) is 27.7 Å². The minimum absolute atomic E-state index is 0.165. The first kappa shape index (κ1) is 16.8. The number of hydrogen-bond donors (Lipinski definition) is 0. The van der Waals surface area contributed by atoms with Gasteiger partial charge >= 0.3 is 7.12 Å². The average Bonchev–Trinajstić information content (AvgIpc) is 2.39. The highest BCUT2D eigenvalue weighted by atomic mass is 28.3. The maximum atomic E-state index is 5.90. The fourth-order valence-corrected chi connectivity index (χ4v) is 2.46. The van der Waals surface area contributed by atoms with Crippen LogP contribution in [-0.2, 0) is 14.0 Å². The molecule has 0 spiro atoms. The number of hydrogen-bond acceptors (Lipinski definition) is 3. The van der Waals surface area contributed by atoms with Gasteiger partial charge in [-0.05, 0) is 33.7 Å². The molecule has 0 atom stereocenters. The summed E-state index contributed by atoms with van der Waals surface area (Å²) in [6.45, 7) is 16.2. The molecule has 0 aliphatic carbocycles. The van der Waals surface area contributed by atoms with Crippen molar-refractivity contribution < 1.29 is 14.0 Å². The fraction of sp³-hybridized carbons (Fsp3) is 0.857. The van der Waals surface area contributed by atoms with Crippen LogP contribution in [0.3, 0.4) is 0 Å². The van der Waals surface area contributed by atoms with Crippen molar-refractivity contribution in [2.24, 2.45) is 0 Å². The summed E-state index contributed by atoms with van der Waals surface area (Å²) in [6.07, 6.45) is 4.51. The summed E-state index contributed by atoms with van der Waals surface area (Å²) in [5.41, 5.74) is -0.492. The van der Waals surface area contributed by atoms with E-state index in [1.165, 1.54) is 6.04 Å². The van der Waals surface area contributed by atoms with Crippen LogP contribution in [0.5, 0.6) is 0 Å². The van der Waals surface area contributed by atoms with Crippen LogP contribution < -0.4 is 0 Å². The second-order valence-electron chi connectivity index (χ2n) is 7.47. The molecule has 0 saturated carbocycles. The molecule has 0 amide bonds. The molecule has 1 rings (SSSR count). The van der Waals surface area contributed by atoms with Gasteiger partial charge in [0.1, 0.15) is 0 Å². The molecule has 0 bridgehead atoms. The molecule has 19 heavy (non-hydrogen) atoms. The molecule has 0 N–H and O–H groups in total. The molecule has 0 radical (unpaired) electrons. The highest BCUT2D eigenvalue weighted by molar-refractivity contribution is 6.76. The highest BCUT2D eigenvalue weighted by Crippen LogP contribution is 2.37. The summed E-state index contributed by atoms with van der Waals surface area (Å²) in [4.78, 5) is 0. The van der Waals surface area contributed by atoms with Crippen molar-refractivity contribution >= 4 is 15.2 Å². The van der Waals surface area contributed by atoms with E-state index >= 15 is 0 Å². The van der Waals surface area contributed by atoms with E-state index in [2.05, 4.69) is 47.3 Å². The van der Waals surface area contributed by atoms with Gasteiger partial charge in [0, 0.05) is 14.4 Å². The predicted molar refractivity (Wildman–Crippen MR) is 84.1 cm³/mol. The van der Waals surface area contributed by atoms with Gasteiger partial charge in [-0.3, -0.25) is 0 Å². The lowest BCUT2D eigenvalue weighted by atomic mass is 9.85. The van der Waals surface area contributed by atoms with Crippen molar-refractivity contribution in [3.05, 3.63) is 12.3 Å². The van der Waals surface area contributed by atoms with Gasteiger partial charge in [-0.15, -0.1) is 0 Å². The first-order chi connectivity index (χ1) is 8.54. The van der Waals surface area contributed by atoms with Crippen LogP contribution >= 0.6 is 0 Å². The predicted octanol–water partition coefficient (Wildman–Crippen LogP) is 3.95. The molecular weight excluding hydrogens is 255 g/mol. The Balaban J connectivity index is 2.24. The van der Waals surface area contributed by atoms with Crippen LogP contribution in [0.1, 0.15) is 27.7 Å². The summed E-state index contributed by atoms with van der Waals surface area (Å²) in [5, 5.41) is 0. The van der Waals surface area contributed by atoms with Gasteiger partial charge < -0.3 is 14.0 Å². The zero-order valence-electron chi connectivity index (χ0n) is 13.6. The minimum Gasteiger partial charge on any atom is -0.502 e. The Labute approximate surface area is 119 Å². The van der Waals surface area contributed by atoms with E-state index < -0.39 is 8.07 Å². The third-order valence-corrected chi connectivity index (χ3v) is 5.50. The summed E-state index contributed by atoms with van der Waals surface area (Å²) < 4.78 is 17.3. The lowest BCUT2D eigenvalue weighted by molar-refractivity contribution is 0.00578. The molecule has 5 heteroatoms. The van der Waals surface area contributed by atoms with Gasteiger partial charge in [0.25, 0.3) is 0 Å². The first-order valence-corrected chi connectivity index (χ1v) is 10.9. The van der Waals surface area contributed by atoms with Crippen LogP contribution in [0.25, 0.3) is 0 Å². The second kappa shape index (κ2) is 6.02. The molecular formula is C14H29BO3Si. The van der Waals surface area contributed by atoms with Gasteiger partial charge in [0.15, 0.2) is 0 Å². The van der Waals surface area contributed by atoms with Gasteiger partial charge in [0.05, 0.1) is 24.1 Å². The van der Waals surface area contributed by atoms with Gasteiger partial charge in [0.2, 0.25) is 0 Å². The molecule has 1 fully saturated rings. The molecule has 1 aliphatic rings. The lowest BCUT2D eigenvalue weighted by Gasteiger charge is -2.32. The maximum Gasteiger partial charge on any atom is 0.461 e. The first-order valence-electron chi connectivity index (χ1n) is 7.16. The van der Waals surface area contributed by atoms with Crippen molar-refractivity contribution in [3.63, 3.8) is 0 Å². The molecule has 3 nitrogen and oxygen atoms in total. The SMILES string of the molecule is CC1(C)OB(C/C=C\OCC[Si](C)(C)C)OC1(C)C. The lowest BCUT2D eigenvalue weighted by Crippen LogP contribution is -2.41. The molecule has 0 unspecified atom stereocenters. The zero-order chi connectivity index (χ0) is 14.7. The summed E-state index contributed by atoms with van der Waals surface area (Å²) in [7, 11) is -1.15.